The fraction of sp³-hybridized carbons (Fsp3) is 0.417. The SMILES string of the molecule is O=C1Nc2cccnc2N(CC#CCCCC2CCCCCN2)c2ccccc21. The summed E-state index contributed by atoms with van der Waals surface area (Å²) >= 11 is 0. The third-order valence-electron chi connectivity index (χ3n) is 5.61. The highest BCUT2D eigenvalue weighted by Crippen LogP contribution is 2.35. The molecule has 0 radical (unpaired) electrons. The Bertz CT molecular complexity index is 906. The summed E-state index contributed by atoms with van der Waals surface area (Å²) in [5, 5.41) is 6.62. The topological polar surface area (TPSA) is 57.3 Å². The number of carbonyl (C=O) groups excluding carboxylic acids is 1. The van der Waals surface area contributed by atoms with Crippen LogP contribution in [0.5, 0.6) is 0 Å². The normalized spacial score (nSPS) is 18.4. The summed E-state index contributed by atoms with van der Waals surface area (Å²) < 4.78 is 0. The Morgan fingerprint density at radius 2 is 2.03 bits per heavy atom. The van der Waals surface area contributed by atoms with Gasteiger partial charge in [-0.25, -0.2) is 4.98 Å². The molecule has 2 aliphatic rings. The van der Waals surface area contributed by atoms with Gasteiger partial charge in [-0.15, -0.1) is 5.92 Å². The van der Waals surface area contributed by atoms with Gasteiger partial charge in [0.25, 0.3) is 5.91 Å². The molecule has 0 bridgehead atoms. The third kappa shape index (κ3) is 4.78. The van der Waals surface area contributed by atoms with Crippen LogP contribution in [0.25, 0.3) is 0 Å². The Morgan fingerprint density at radius 3 is 3.00 bits per heavy atom. The smallest absolute Gasteiger partial charge is 0.257 e. The molecule has 0 spiro atoms. The van der Waals surface area contributed by atoms with Gasteiger partial charge >= 0.3 is 0 Å². The van der Waals surface area contributed by atoms with E-state index < -0.39 is 0 Å². The molecular formula is C24H28N4O. The van der Waals surface area contributed by atoms with Gasteiger partial charge in [-0.1, -0.05) is 30.9 Å². The standard InChI is InChI=1S/C24H28N4O/c29-24-20-13-6-7-15-22(20)28(23-21(27-24)14-10-17-26-23)18-9-2-1-4-11-19-12-5-3-8-16-25-19/h6-7,10,13-15,17,19,25H,1,3-5,8,11-12,16,18H2,(H,27,29). The predicted octanol–water partition coefficient (Wildman–Crippen LogP) is 4.49. The molecule has 5 nitrogen and oxygen atoms in total. The van der Waals surface area contributed by atoms with Crippen LogP contribution in [-0.4, -0.2) is 30.0 Å². The van der Waals surface area contributed by atoms with E-state index in [-0.39, 0.29) is 5.91 Å². The molecule has 150 valence electrons. The van der Waals surface area contributed by atoms with Crippen LogP contribution in [0.4, 0.5) is 17.2 Å². The minimum Gasteiger partial charge on any atom is -0.319 e. The number of pyridine rings is 1. The minimum absolute atomic E-state index is 0.110. The van der Waals surface area contributed by atoms with Gasteiger partial charge in [-0.05, 0) is 56.5 Å². The average molecular weight is 389 g/mol. The first-order valence-electron chi connectivity index (χ1n) is 10.6. The number of unbranched alkanes of at least 4 members (excludes halogenated alkanes) is 1. The summed E-state index contributed by atoms with van der Waals surface area (Å²) in [6.07, 6.45) is 10.3. The van der Waals surface area contributed by atoms with E-state index in [9.17, 15) is 4.79 Å². The second kappa shape index (κ2) is 9.58. The number of para-hydroxylation sites is 1. The van der Waals surface area contributed by atoms with E-state index in [2.05, 4.69) is 27.5 Å². The number of fused-ring (bicyclic) bond motifs is 2. The lowest BCUT2D eigenvalue weighted by Gasteiger charge is -2.22. The van der Waals surface area contributed by atoms with Crippen molar-refractivity contribution < 1.29 is 4.79 Å². The molecule has 1 saturated heterocycles. The summed E-state index contributed by atoms with van der Waals surface area (Å²) in [5.41, 5.74) is 2.21. The Hall–Kier alpha value is -2.84. The van der Waals surface area contributed by atoms with Gasteiger partial charge < -0.3 is 15.5 Å². The van der Waals surface area contributed by atoms with E-state index in [4.69, 9.17) is 0 Å². The van der Waals surface area contributed by atoms with Crippen molar-refractivity contribution in [2.24, 2.45) is 0 Å². The summed E-state index contributed by atoms with van der Waals surface area (Å²) in [6.45, 7) is 1.67. The van der Waals surface area contributed by atoms with Crippen LogP contribution in [0.1, 0.15) is 55.3 Å². The van der Waals surface area contributed by atoms with Gasteiger partial charge in [-0.2, -0.15) is 0 Å². The predicted molar refractivity (Wildman–Crippen MR) is 118 cm³/mol. The molecule has 1 amide bonds. The van der Waals surface area contributed by atoms with Crippen molar-refractivity contribution in [3.8, 4) is 11.8 Å². The monoisotopic (exact) mass is 388 g/mol. The number of carbonyl (C=O) groups is 1. The lowest BCUT2D eigenvalue weighted by Crippen LogP contribution is -2.27. The molecule has 0 saturated carbocycles. The zero-order valence-corrected chi connectivity index (χ0v) is 16.8. The number of benzene rings is 1. The third-order valence-corrected chi connectivity index (χ3v) is 5.61. The van der Waals surface area contributed by atoms with Crippen LogP contribution in [0.3, 0.4) is 0 Å². The first-order valence-corrected chi connectivity index (χ1v) is 10.6. The molecule has 2 aliphatic heterocycles. The van der Waals surface area contributed by atoms with Gasteiger partial charge in [0, 0.05) is 18.7 Å². The fourth-order valence-corrected chi connectivity index (χ4v) is 4.08. The first-order chi connectivity index (χ1) is 14.3. The van der Waals surface area contributed by atoms with Crippen molar-refractivity contribution in [3.05, 3.63) is 48.2 Å². The quantitative estimate of drug-likeness (QED) is 0.598. The largest absolute Gasteiger partial charge is 0.319 e. The van der Waals surface area contributed by atoms with Crippen LogP contribution >= 0.6 is 0 Å². The highest BCUT2D eigenvalue weighted by atomic mass is 16.1. The molecule has 2 N–H and O–H groups in total. The maximum Gasteiger partial charge on any atom is 0.257 e. The lowest BCUT2D eigenvalue weighted by atomic mass is 10.0. The number of amides is 1. The van der Waals surface area contributed by atoms with Crippen LogP contribution < -0.4 is 15.5 Å². The summed E-state index contributed by atoms with van der Waals surface area (Å²) in [4.78, 5) is 19.1. The van der Waals surface area contributed by atoms with E-state index >= 15 is 0 Å². The Labute approximate surface area is 172 Å². The van der Waals surface area contributed by atoms with Crippen LogP contribution in [0, 0.1) is 11.8 Å². The highest BCUT2D eigenvalue weighted by molar-refractivity contribution is 6.12. The van der Waals surface area contributed by atoms with Gasteiger partial charge in [0.2, 0.25) is 0 Å². The average Bonchev–Trinajstić information content (AvgIpc) is 3.08. The van der Waals surface area contributed by atoms with Crippen molar-refractivity contribution >= 4 is 23.1 Å². The summed E-state index contributed by atoms with van der Waals surface area (Å²) in [6, 6.07) is 12.0. The zero-order chi connectivity index (χ0) is 19.9. The molecule has 4 rings (SSSR count). The Balaban J connectivity index is 1.43. The molecular weight excluding hydrogens is 360 g/mol. The van der Waals surface area contributed by atoms with Gasteiger partial charge in [0.15, 0.2) is 5.82 Å². The van der Waals surface area contributed by atoms with Gasteiger partial charge in [0.05, 0.1) is 23.5 Å². The molecule has 1 fully saturated rings. The zero-order valence-electron chi connectivity index (χ0n) is 16.8. The van der Waals surface area contributed by atoms with Crippen molar-refractivity contribution in [2.45, 2.75) is 51.0 Å². The van der Waals surface area contributed by atoms with E-state index in [1.54, 1.807) is 6.20 Å². The second-order valence-electron chi connectivity index (χ2n) is 7.68. The number of nitrogens with zero attached hydrogens (tertiary/aromatic N) is 2. The van der Waals surface area contributed by atoms with E-state index in [0.29, 0.717) is 18.2 Å². The number of rotatable bonds is 4. The molecule has 29 heavy (non-hydrogen) atoms. The lowest BCUT2D eigenvalue weighted by molar-refractivity contribution is 0.102. The molecule has 1 atom stereocenters. The number of anilines is 3. The number of hydrogen-bond donors (Lipinski definition) is 2. The summed E-state index contributed by atoms with van der Waals surface area (Å²) in [7, 11) is 0. The van der Waals surface area contributed by atoms with E-state index in [1.807, 2.05) is 41.3 Å². The molecule has 0 aliphatic carbocycles. The van der Waals surface area contributed by atoms with Crippen molar-refractivity contribution in [1.82, 2.24) is 10.3 Å². The van der Waals surface area contributed by atoms with Crippen LogP contribution in [-0.2, 0) is 0 Å². The van der Waals surface area contributed by atoms with Crippen LogP contribution in [0.2, 0.25) is 0 Å². The molecule has 1 unspecified atom stereocenters. The van der Waals surface area contributed by atoms with Crippen molar-refractivity contribution in [2.75, 3.05) is 23.3 Å². The maximum absolute atomic E-state index is 12.6. The van der Waals surface area contributed by atoms with E-state index in [0.717, 1.165) is 36.6 Å². The molecule has 5 heteroatoms. The van der Waals surface area contributed by atoms with Gasteiger partial charge in [0.1, 0.15) is 0 Å². The fourth-order valence-electron chi connectivity index (χ4n) is 4.08. The molecule has 1 aromatic carbocycles. The van der Waals surface area contributed by atoms with E-state index in [1.165, 1.54) is 32.1 Å². The molecule has 3 heterocycles. The Morgan fingerprint density at radius 1 is 1.10 bits per heavy atom. The summed E-state index contributed by atoms with van der Waals surface area (Å²) in [5.74, 6) is 7.26. The number of hydrogen-bond acceptors (Lipinski definition) is 4. The number of aromatic nitrogens is 1. The first kappa shape index (κ1) is 19.5. The molecule has 1 aromatic heterocycles. The number of nitrogens with one attached hydrogen (secondary N) is 2. The highest BCUT2D eigenvalue weighted by Gasteiger charge is 2.25. The Kier molecular flexibility index (Phi) is 6.43. The van der Waals surface area contributed by atoms with Gasteiger partial charge in [-0.3, -0.25) is 4.79 Å². The maximum atomic E-state index is 12.6. The second-order valence-corrected chi connectivity index (χ2v) is 7.68. The minimum atomic E-state index is -0.110. The van der Waals surface area contributed by atoms with Crippen molar-refractivity contribution in [1.29, 1.82) is 0 Å². The molecule has 2 aromatic rings. The van der Waals surface area contributed by atoms with Crippen LogP contribution in [0.15, 0.2) is 42.6 Å². The van der Waals surface area contributed by atoms with Crippen molar-refractivity contribution in [3.63, 3.8) is 0 Å².